The van der Waals surface area contributed by atoms with Gasteiger partial charge in [0.1, 0.15) is 23.7 Å². The van der Waals surface area contributed by atoms with Crippen LogP contribution in [0, 0.1) is 0 Å². The van der Waals surface area contributed by atoms with Gasteiger partial charge in [0.15, 0.2) is 5.13 Å². The van der Waals surface area contributed by atoms with Gasteiger partial charge < -0.3 is 20.9 Å². The van der Waals surface area contributed by atoms with Crippen LogP contribution in [0.15, 0.2) is 28.8 Å². The van der Waals surface area contributed by atoms with Crippen molar-refractivity contribution in [3.05, 3.63) is 55.1 Å². The minimum absolute atomic E-state index is 0.0237. The lowest BCUT2D eigenvalue weighted by atomic mass is 10.0. The summed E-state index contributed by atoms with van der Waals surface area (Å²) in [5, 5.41) is 14.0. The second kappa shape index (κ2) is 10.9. The number of ether oxygens (including phenoxy) is 1. The molecule has 2 aromatic rings. The first kappa shape index (κ1) is 27.3. The van der Waals surface area contributed by atoms with E-state index >= 15 is 0 Å². The molecule has 15 heteroatoms. The van der Waals surface area contributed by atoms with Crippen LogP contribution < -0.4 is 11.1 Å². The molecule has 0 radical (unpaired) electrons. The van der Waals surface area contributed by atoms with Gasteiger partial charge in [0.2, 0.25) is 0 Å². The van der Waals surface area contributed by atoms with Gasteiger partial charge in [0.25, 0.3) is 11.8 Å². The Bertz CT molecular complexity index is 1390. The first-order chi connectivity index (χ1) is 17.5. The number of carbonyl (C=O) groups excluding carboxylic acids is 3. The van der Waals surface area contributed by atoms with Crippen molar-refractivity contribution in [2.75, 3.05) is 18.1 Å². The normalized spacial score (nSPS) is 19.3. The van der Waals surface area contributed by atoms with Crippen LogP contribution >= 0.6 is 57.9 Å². The number of benzene rings is 1. The topological polar surface area (TPSA) is 152 Å². The Balaban J connectivity index is 1.63. The summed E-state index contributed by atoms with van der Waals surface area (Å²) in [6.07, 6.45) is 1.40. The standard InChI is InChI=1S/C22H17Cl3N4O6S2/c1-8(30)35-5-9-6-36-20-16(19(32)29(20)17(9)21(33)34)28-18(31)11(14-7-37-22(26)27-14)4-10-12(23)2-3-13(24)15(10)25/h2-4,7,16,20H,5-6H2,1H3,(H2,26,27)(H,28,31)(H,33,34)/b11-4-/t16?,20-/m1/s1. The second-order valence-corrected chi connectivity index (χ2v) is 11.0. The van der Waals surface area contributed by atoms with Crippen molar-refractivity contribution in [3.63, 3.8) is 0 Å². The molecule has 1 unspecified atom stereocenters. The molecule has 1 saturated heterocycles. The smallest absolute Gasteiger partial charge is 0.352 e. The Morgan fingerprint density at radius 3 is 2.62 bits per heavy atom. The van der Waals surface area contributed by atoms with Crippen LogP contribution in [-0.2, 0) is 23.9 Å². The molecule has 37 heavy (non-hydrogen) atoms. The fraction of sp³-hybridized carbons (Fsp3) is 0.227. The molecular weight excluding hydrogens is 587 g/mol. The van der Waals surface area contributed by atoms with E-state index in [1.54, 1.807) is 5.38 Å². The molecule has 2 amide bonds. The summed E-state index contributed by atoms with van der Waals surface area (Å²) in [7, 11) is 0. The number of nitrogens with zero attached hydrogens (tertiary/aromatic N) is 2. The minimum Gasteiger partial charge on any atom is -0.477 e. The number of amides is 2. The Labute approximate surface area is 233 Å². The van der Waals surface area contributed by atoms with Gasteiger partial charge in [0, 0.05) is 34.2 Å². The number of nitrogens with one attached hydrogen (secondary N) is 1. The van der Waals surface area contributed by atoms with E-state index in [4.69, 9.17) is 45.3 Å². The number of nitrogens with two attached hydrogens (primary N) is 1. The molecular formula is C22H17Cl3N4O6S2. The van der Waals surface area contributed by atoms with Crippen molar-refractivity contribution < 1.29 is 29.0 Å². The molecule has 194 valence electrons. The molecule has 0 aliphatic carbocycles. The highest BCUT2D eigenvalue weighted by Crippen LogP contribution is 2.41. The molecule has 10 nitrogen and oxygen atoms in total. The molecule has 1 aromatic carbocycles. The molecule has 4 N–H and O–H groups in total. The first-order valence-electron chi connectivity index (χ1n) is 10.4. The first-order valence-corrected chi connectivity index (χ1v) is 13.5. The van der Waals surface area contributed by atoms with E-state index in [9.17, 15) is 24.3 Å². The number of thiazole rings is 1. The minimum atomic E-state index is -1.34. The van der Waals surface area contributed by atoms with Gasteiger partial charge in [-0.2, -0.15) is 0 Å². The van der Waals surface area contributed by atoms with Crippen LogP contribution in [0.4, 0.5) is 5.13 Å². The van der Waals surface area contributed by atoms with E-state index in [0.717, 1.165) is 16.2 Å². The molecule has 0 saturated carbocycles. The van der Waals surface area contributed by atoms with Gasteiger partial charge >= 0.3 is 11.9 Å². The zero-order valence-corrected chi connectivity index (χ0v) is 22.7. The van der Waals surface area contributed by atoms with Crippen LogP contribution in [0.5, 0.6) is 0 Å². The number of hydrogen-bond donors (Lipinski definition) is 3. The van der Waals surface area contributed by atoms with Crippen molar-refractivity contribution >= 4 is 98.4 Å². The van der Waals surface area contributed by atoms with E-state index in [2.05, 4.69) is 10.3 Å². The predicted molar refractivity (Wildman–Crippen MR) is 142 cm³/mol. The maximum atomic E-state index is 13.4. The number of hydrogen-bond acceptors (Lipinski definition) is 9. The summed E-state index contributed by atoms with van der Waals surface area (Å²) in [5.41, 5.74) is 6.30. The number of aromatic nitrogens is 1. The molecule has 4 rings (SSSR count). The van der Waals surface area contributed by atoms with Crippen molar-refractivity contribution in [3.8, 4) is 0 Å². The molecule has 0 spiro atoms. The van der Waals surface area contributed by atoms with Gasteiger partial charge in [-0.25, -0.2) is 9.78 Å². The zero-order chi connectivity index (χ0) is 27.0. The van der Waals surface area contributed by atoms with Gasteiger partial charge in [-0.05, 0) is 18.2 Å². The molecule has 1 aromatic heterocycles. The number of β-lactam (4-membered cyclic amide) rings is 1. The third kappa shape index (κ3) is 5.43. The number of rotatable bonds is 7. The maximum Gasteiger partial charge on any atom is 0.352 e. The number of carboxylic acid groups (broad SMARTS) is 1. The number of esters is 1. The molecule has 2 aliphatic rings. The predicted octanol–water partition coefficient (Wildman–Crippen LogP) is 3.53. The summed E-state index contributed by atoms with van der Waals surface area (Å²) < 4.78 is 4.93. The van der Waals surface area contributed by atoms with E-state index in [-0.39, 0.29) is 60.7 Å². The summed E-state index contributed by atoms with van der Waals surface area (Å²) >= 11 is 21.1. The number of anilines is 1. The maximum absolute atomic E-state index is 13.4. The zero-order valence-electron chi connectivity index (χ0n) is 18.8. The Hall–Kier alpha value is -2.77. The fourth-order valence-electron chi connectivity index (χ4n) is 3.69. The second-order valence-electron chi connectivity index (χ2n) is 7.78. The van der Waals surface area contributed by atoms with Gasteiger partial charge in [-0.3, -0.25) is 19.3 Å². The molecule has 0 bridgehead atoms. The Morgan fingerprint density at radius 2 is 2.00 bits per heavy atom. The average molecular weight is 604 g/mol. The number of carboxylic acids is 1. The summed E-state index contributed by atoms with van der Waals surface area (Å²) in [6.45, 7) is 0.946. The van der Waals surface area contributed by atoms with Gasteiger partial charge in [-0.1, -0.05) is 34.8 Å². The number of halogens is 3. The largest absolute Gasteiger partial charge is 0.477 e. The van der Waals surface area contributed by atoms with Crippen LogP contribution in [0.3, 0.4) is 0 Å². The lowest BCUT2D eigenvalue weighted by Gasteiger charge is -2.49. The quantitative estimate of drug-likeness (QED) is 0.187. The summed E-state index contributed by atoms with van der Waals surface area (Å²) in [6, 6.07) is 2.01. The van der Waals surface area contributed by atoms with Crippen LogP contribution in [0.1, 0.15) is 18.2 Å². The highest BCUT2D eigenvalue weighted by Gasteiger charge is 2.54. The average Bonchev–Trinajstić information content (AvgIpc) is 3.28. The van der Waals surface area contributed by atoms with E-state index in [1.807, 2.05) is 0 Å². The third-order valence-corrected chi connectivity index (χ3v) is 8.56. The van der Waals surface area contributed by atoms with Crippen molar-refractivity contribution in [1.82, 2.24) is 15.2 Å². The highest BCUT2D eigenvalue weighted by atomic mass is 35.5. The number of fused-ring (bicyclic) bond motifs is 1. The summed E-state index contributed by atoms with van der Waals surface area (Å²) in [4.78, 5) is 54.7. The van der Waals surface area contributed by atoms with E-state index in [0.29, 0.717) is 0 Å². The van der Waals surface area contributed by atoms with Crippen molar-refractivity contribution in [2.45, 2.75) is 18.3 Å². The van der Waals surface area contributed by atoms with Crippen molar-refractivity contribution in [2.24, 2.45) is 0 Å². The molecule has 2 atom stereocenters. The van der Waals surface area contributed by atoms with E-state index in [1.165, 1.54) is 36.9 Å². The SMILES string of the molecule is CC(=O)OCC1=C(C(=O)O)N2C(=O)C(NC(=O)/C(=C\c3c(Cl)ccc(Cl)c3Cl)c3csc(N)n3)[C@H]2SC1. The Kier molecular flexibility index (Phi) is 8.05. The summed E-state index contributed by atoms with van der Waals surface area (Å²) in [5.74, 6) is -3.03. The lowest BCUT2D eigenvalue weighted by molar-refractivity contribution is -0.150. The van der Waals surface area contributed by atoms with Crippen LogP contribution in [-0.4, -0.2) is 62.5 Å². The number of nitrogen functional groups attached to an aromatic ring is 1. The number of thioether (sulfide) groups is 1. The molecule has 2 aliphatic heterocycles. The lowest BCUT2D eigenvalue weighted by Crippen LogP contribution is -2.70. The Morgan fingerprint density at radius 1 is 1.30 bits per heavy atom. The van der Waals surface area contributed by atoms with Gasteiger partial charge in [0.05, 0.1) is 21.3 Å². The van der Waals surface area contributed by atoms with Gasteiger partial charge in [-0.15, -0.1) is 23.1 Å². The third-order valence-electron chi connectivity index (χ3n) is 5.40. The van der Waals surface area contributed by atoms with Crippen LogP contribution in [0.25, 0.3) is 11.6 Å². The monoisotopic (exact) mass is 602 g/mol. The van der Waals surface area contributed by atoms with E-state index < -0.39 is 35.2 Å². The molecule has 3 heterocycles. The number of aliphatic carboxylic acids is 1. The van der Waals surface area contributed by atoms with Crippen LogP contribution in [0.2, 0.25) is 15.1 Å². The fourth-order valence-corrected chi connectivity index (χ4v) is 6.22. The number of carbonyl (C=O) groups is 4. The molecule has 1 fully saturated rings. The van der Waals surface area contributed by atoms with Crippen molar-refractivity contribution in [1.29, 1.82) is 0 Å². The highest BCUT2D eigenvalue weighted by molar-refractivity contribution is 8.00.